The Morgan fingerprint density at radius 2 is 1.86 bits per heavy atom. The van der Waals surface area contributed by atoms with Gasteiger partial charge in [0.25, 0.3) is 5.69 Å². The summed E-state index contributed by atoms with van der Waals surface area (Å²) in [6.45, 7) is 3.72. The number of nitro groups is 1. The molecule has 1 N–H and O–H groups in total. The molecule has 3 aromatic rings. The topological polar surface area (TPSA) is 81.0 Å². The number of nitro benzene ring substituents is 1. The van der Waals surface area contributed by atoms with Crippen LogP contribution in [0.15, 0.2) is 42.5 Å². The lowest BCUT2D eigenvalue weighted by Gasteiger charge is -2.10. The number of nitrogens with zero attached hydrogens (tertiary/aromatic N) is 3. The molecule has 0 spiro atoms. The first kappa shape index (κ1) is 13.9. The number of aromatic nitrogens is 2. The van der Waals surface area contributed by atoms with Gasteiger partial charge in [-0.25, -0.2) is 9.97 Å². The van der Waals surface area contributed by atoms with E-state index in [2.05, 4.69) is 15.3 Å². The maximum atomic E-state index is 11.2. The molecule has 3 rings (SSSR count). The van der Waals surface area contributed by atoms with E-state index in [0.717, 1.165) is 11.3 Å². The van der Waals surface area contributed by atoms with Crippen molar-refractivity contribution in [2.45, 2.75) is 13.8 Å². The number of nitrogens with one attached hydrogen (secondary N) is 1. The summed E-state index contributed by atoms with van der Waals surface area (Å²) in [4.78, 5) is 19.3. The molecular weight excluding hydrogens is 280 g/mol. The number of benzene rings is 2. The van der Waals surface area contributed by atoms with Crippen molar-refractivity contribution in [1.29, 1.82) is 0 Å². The zero-order valence-electron chi connectivity index (χ0n) is 12.2. The van der Waals surface area contributed by atoms with Crippen LogP contribution in [0.2, 0.25) is 0 Å². The minimum Gasteiger partial charge on any atom is -0.340 e. The number of anilines is 2. The summed E-state index contributed by atoms with van der Waals surface area (Å²) in [5, 5.41) is 15.0. The molecule has 6 heteroatoms. The van der Waals surface area contributed by atoms with E-state index >= 15 is 0 Å². The van der Waals surface area contributed by atoms with E-state index in [4.69, 9.17) is 0 Å². The Morgan fingerprint density at radius 3 is 2.59 bits per heavy atom. The van der Waals surface area contributed by atoms with Gasteiger partial charge in [0.1, 0.15) is 11.6 Å². The van der Waals surface area contributed by atoms with Crippen LogP contribution in [-0.2, 0) is 0 Å². The van der Waals surface area contributed by atoms with Crippen molar-refractivity contribution in [2.24, 2.45) is 0 Å². The number of fused-ring (bicyclic) bond motifs is 1. The molecule has 6 nitrogen and oxygen atoms in total. The van der Waals surface area contributed by atoms with Crippen LogP contribution >= 0.6 is 0 Å². The molecule has 0 aliphatic carbocycles. The van der Waals surface area contributed by atoms with E-state index in [9.17, 15) is 10.1 Å². The third kappa shape index (κ3) is 2.58. The van der Waals surface area contributed by atoms with Crippen molar-refractivity contribution in [3.8, 4) is 0 Å². The van der Waals surface area contributed by atoms with Gasteiger partial charge in [-0.15, -0.1) is 0 Å². The fourth-order valence-corrected chi connectivity index (χ4v) is 2.35. The summed E-state index contributed by atoms with van der Waals surface area (Å²) in [5.74, 6) is 1.05. The predicted octanol–water partition coefficient (Wildman–Crippen LogP) is 3.90. The third-order valence-electron chi connectivity index (χ3n) is 3.29. The van der Waals surface area contributed by atoms with Crippen LogP contribution in [0, 0.1) is 24.0 Å². The molecule has 0 atom stereocenters. The molecule has 2 aromatic carbocycles. The van der Waals surface area contributed by atoms with Crippen LogP contribution < -0.4 is 5.32 Å². The first-order valence-electron chi connectivity index (χ1n) is 6.80. The highest BCUT2D eigenvalue weighted by molar-refractivity contribution is 5.96. The molecule has 110 valence electrons. The molecule has 1 aromatic heterocycles. The summed E-state index contributed by atoms with van der Waals surface area (Å²) in [6.07, 6.45) is 0. The second kappa shape index (κ2) is 5.40. The van der Waals surface area contributed by atoms with Crippen molar-refractivity contribution >= 4 is 28.1 Å². The van der Waals surface area contributed by atoms with Crippen molar-refractivity contribution in [2.75, 3.05) is 5.32 Å². The molecule has 0 unspecified atom stereocenters. The smallest absolute Gasteiger partial charge is 0.295 e. The van der Waals surface area contributed by atoms with E-state index in [1.165, 1.54) is 6.07 Å². The quantitative estimate of drug-likeness (QED) is 0.585. The molecular formula is C16H14N4O2. The van der Waals surface area contributed by atoms with Gasteiger partial charge in [-0.05, 0) is 37.6 Å². The minimum atomic E-state index is -0.425. The van der Waals surface area contributed by atoms with Gasteiger partial charge >= 0.3 is 0 Å². The molecule has 0 bridgehead atoms. The third-order valence-corrected chi connectivity index (χ3v) is 3.29. The Morgan fingerprint density at radius 1 is 1.09 bits per heavy atom. The lowest BCUT2D eigenvalue weighted by molar-refractivity contribution is -0.383. The van der Waals surface area contributed by atoms with Crippen molar-refractivity contribution < 1.29 is 4.92 Å². The van der Waals surface area contributed by atoms with E-state index in [1.54, 1.807) is 19.1 Å². The van der Waals surface area contributed by atoms with Gasteiger partial charge in [-0.3, -0.25) is 10.1 Å². The second-order valence-corrected chi connectivity index (χ2v) is 5.04. The second-order valence-electron chi connectivity index (χ2n) is 5.04. The average Bonchev–Trinajstić information content (AvgIpc) is 2.46. The Labute approximate surface area is 127 Å². The van der Waals surface area contributed by atoms with Gasteiger partial charge in [-0.1, -0.05) is 18.2 Å². The Kier molecular flexibility index (Phi) is 3.42. The Balaban J connectivity index is 2.17. The highest BCUT2D eigenvalue weighted by Crippen LogP contribution is 2.29. The van der Waals surface area contributed by atoms with Gasteiger partial charge in [0, 0.05) is 11.8 Å². The zero-order chi connectivity index (χ0) is 15.7. The van der Waals surface area contributed by atoms with Gasteiger partial charge in [0.2, 0.25) is 0 Å². The zero-order valence-corrected chi connectivity index (χ0v) is 12.2. The van der Waals surface area contributed by atoms with Crippen LogP contribution in [0.5, 0.6) is 0 Å². The largest absolute Gasteiger partial charge is 0.340 e. The predicted molar refractivity (Wildman–Crippen MR) is 85.4 cm³/mol. The van der Waals surface area contributed by atoms with Crippen molar-refractivity contribution in [1.82, 2.24) is 9.97 Å². The molecule has 0 saturated carbocycles. The van der Waals surface area contributed by atoms with Gasteiger partial charge < -0.3 is 5.32 Å². The molecule has 0 amide bonds. The number of rotatable bonds is 3. The monoisotopic (exact) mass is 294 g/mol. The molecule has 0 aliphatic rings. The Bertz CT molecular complexity index is 877. The van der Waals surface area contributed by atoms with E-state index < -0.39 is 4.92 Å². The fourth-order valence-electron chi connectivity index (χ4n) is 2.35. The van der Waals surface area contributed by atoms with Gasteiger partial charge in [0.15, 0.2) is 5.52 Å². The van der Waals surface area contributed by atoms with E-state index in [1.807, 2.05) is 31.2 Å². The van der Waals surface area contributed by atoms with Crippen molar-refractivity contribution in [3.05, 3.63) is 64.0 Å². The SMILES string of the molecule is Cc1cccc(Nc2nc(C)nc3c([N+](=O)[O-])cccc23)c1. The number of hydrogen-bond acceptors (Lipinski definition) is 5. The summed E-state index contributed by atoms with van der Waals surface area (Å²) in [5.41, 5.74) is 2.32. The first-order valence-corrected chi connectivity index (χ1v) is 6.80. The average molecular weight is 294 g/mol. The molecule has 0 saturated heterocycles. The standard InChI is InChI=1S/C16H14N4O2/c1-10-5-3-6-12(9-10)19-16-13-7-4-8-14(20(21)22)15(13)17-11(2)18-16/h3-9H,1-2H3,(H,17,18,19). The number of aryl methyl sites for hydroxylation is 2. The maximum Gasteiger partial charge on any atom is 0.295 e. The van der Waals surface area contributed by atoms with Gasteiger partial charge in [0.05, 0.1) is 10.3 Å². The number of hydrogen-bond donors (Lipinski definition) is 1. The highest BCUT2D eigenvalue weighted by atomic mass is 16.6. The summed E-state index contributed by atoms with van der Waals surface area (Å²) >= 11 is 0. The summed E-state index contributed by atoms with van der Waals surface area (Å²) < 4.78 is 0. The molecule has 0 radical (unpaired) electrons. The number of para-hydroxylation sites is 1. The first-order chi connectivity index (χ1) is 10.5. The molecule has 22 heavy (non-hydrogen) atoms. The lowest BCUT2D eigenvalue weighted by atomic mass is 10.2. The minimum absolute atomic E-state index is 0.0182. The lowest BCUT2D eigenvalue weighted by Crippen LogP contribution is -2.01. The Hall–Kier alpha value is -3.02. The molecule has 0 fully saturated rings. The maximum absolute atomic E-state index is 11.2. The number of non-ortho nitro benzene ring substituents is 1. The highest BCUT2D eigenvalue weighted by Gasteiger charge is 2.16. The van der Waals surface area contributed by atoms with E-state index in [-0.39, 0.29) is 5.69 Å². The summed E-state index contributed by atoms with van der Waals surface area (Å²) in [6, 6.07) is 12.7. The van der Waals surface area contributed by atoms with Gasteiger partial charge in [-0.2, -0.15) is 0 Å². The van der Waals surface area contributed by atoms with Crippen LogP contribution in [-0.4, -0.2) is 14.9 Å². The normalized spacial score (nSPS) is 10.6. The van der Waals surface area contributed by atoms with Crippen LogP contribution in [0.3, 0.4) is 0 Å². The van der Waals surface area contributed by atoms with Crippen LogP contribution in [0.1, 0.15) is 11.4 Å². The fraction of sp³-hybridized carbons (Fsp3) is 0.125. The van der Waals surface area contributed by atoms with E-state index in [0.29, 0.717) is 22.5 Å². The van der Waals surface area contributed by atoms with Crippen LogP contribution in [0.4, 0.5) is 17.2 Å². The summed E-state index contributed by atoms with van der Waals surface area (Å²) in [7, 11) is 0. The van der Waals surface area contributed by atoms with Crippen LogP contribution in [0.25, 0.3) is 10.9 Å². The van der Waals surface area contributed by atoms with Crippen molar-refractivity contribution in [3.63, 3.8) is 0 Å². The molecule has 1 heterocycles. The molecule has 0 aliphatic heterocycles.